The van der Waals surface area contributed by atoms with Gasteiger partial charge in [-0.15, -0.1) is 0 Å². The number of esters is 2. The normalized spacial score (nSPS) is 38.0. The fraction of sp³-hybridized carbons (Fsp3) is 0.750. The van der Waals surface area contributed by atoms with Crippen LogP contribution in [-0.2, 0) is 23.8 Å². The number of halogens is 3. The summed E-state index contributed by atoms with van der Waals surface area (Å²) in [5.74, 6) is -1.79. The summed E-state index contributed by atoms with van der Waals surface area (Å²) in [5, 5.41) is 0. The summed E-state index contributed by atoms with van der Waals surface area (Å²) in [7, 11) is 0. The molecule has 6 atom stereocenters. The topological polar surface area (TPSA) is 61.8 Å². The van der Waals surface area contributed by atoms with Crippen molar-refractivity contribution in [3.8, 4) is 0 Å². The standard InChI is InChI=1S/C16H19F3O5/c1-7(2)13(20)24-11-9-4-10-12(11)22-6-15(10,5-9)14(21)23-8(3)16(17,18)19/h8-12H,1,4-6H2,2-3H3. The molecular formula is C16H19F3O5. The molecule has 0 aromatic heterocycles. The smallest absolute Gasteiger partial charge is 0.425 e. The molecule has 2 aliphatic carbocycles. The number of carbonyl (C=O) groups excluding carboxylic acids is 2. The van der Waals surface area contributed by atoms with Crippen molar-refractivity contribution in [2.24, 2.45) is 17.3 Å². The van der Waals surface area contributed by atoms with Gasteiger partial charge in [0.2, 0.25) is 0 Å². The lowest BCUT2D eigenvalue weighted by Gasteiger charge is -2.33. The van der Waals surface area contributed by atoms with E-state index in [1.807, 2.05) is 0 Å². The number of hydrogen-bond donors (Lipinski definition) is 0. The van der Waals surface area contributed by atoms with Crippen LogP contribution in [-0.4, -0.2) is 43.0 Å². The molecule has 134 valence electrons. The van der Waals surface area contributed by atoms with E-state index in [1.165, 1.54) is 6.92 Å². The number of rotatable bonds is 4. The second-order valence-electron chi connectivity index (χ2n) is 6.98. The van der Waals surface area contributed by atoms with Gasteiger partial charge in [-0.3, -0.25) is 4.79 Å². The average Bonchev–Trinajstić information content (AvgIpc) is 3.06. The molecule has 5 nitrogen and oxygen atoms in total. The summed E-state index contributed by atoms with van der Waals surface area (Å²) in [5.41, 5.74) is -0.790. The van der Waals surface area contributed by atoms with Crippen molar-refractivity contribution in [3.63, 3.8) is 0 Å². The summed E-state index contributed by atoms with van der Waals surface area (Å²) in [6.45, 7) is 5.87. The molecule has 3 aliphatic rings. The molecule has 3 rings (SSSR count). The minimum absolute atomic E-state index is 0.00334. The summed E-state index contributed by atoms with van der Waals surface area (Å²) in [4.78, 5) is 24.1. The van der Waals surface area contributed by atoms with Gasteiger partial charge in [0.1, 0.15) is 6.10 Å². The number of carbonyl (C=O) groups is 2. The molecule has 0 spiro atoms. The van der Waals surface area contributed by atoms with Gasteiger partial charge in [0, 0.05) is 17.4 Å². The predicted octanol–water partition coefficient (Wildman–Crippen LogP) is 2.39. The van der Waals surface area contributed by atoms with E-state index in [-0.39, 0.29) is 24.0 Å². The van der Waals surface area contributed by atoms with Gasteiger partial charge in [0.05, 0.1) is 18.1 Å². The molecule has 0 amide bonds. The Morgan fingerprint density at radius 2 is 2.04 bits per heavy atom. The molecule has 0 aromatic carbocycles. The van der Waals surface area contributed by atoms with Gasteiger partial charge in [-0.1, -0.05) is 6.58 Å². The molecule has 6 unspecified atom stereocenters. The zero-order valence-electron chi connectivity index (χ0n) is 13.4. The maximum Gasteiger partial charge on any atom is 0.425 e. The highest BCUT2D eigenvalue weighted by molar-refractivity contribution is 5.87. The lowest BCUT2D eigenvalue weighted by Crippen LogP contribution is -2.46. The molecule has 24 heavy (non-hydrogen) atoms. The Kier molecular flexibility index (Phi) is 3.94. The zero-order valence-corrected chi connectivity index (χ0v) is 13.4. The predicted molar refractivity (Wildman–Crippen MR) is 74.7 cm³/mol. The maximum absolute atomic E-state index is 12.6. The summed E-state index contributed by atoms with van der Waals surface area (Å²) in [6, 6.07) is 0. The molecule has 3 fully saturated rings. The second-order valence-corrected chi connectivity index (χ2v) is 6.98. The van der Waals surface area contributed by atoms with E-state index < -0.39 is 41.8 Å². The Morgan fingerprint density at radius 3 is 2.62 bits per heavy atom. The number of ether oxygens (including phenoxy) is 3. The van der Waals surface area contributed by atoms with Gasteiger partial charge in [-0.05, 0) is 26.7 Å². The fourth-order valence-electron chi connectivity index (χ4n) is 4.10. The molecule has 1 aliphatic heterocycles. The van der Waals surface area contributed by atoms with Gasteiger partial charge < -0.3 is 14.2 Å². The van der Waals surface area contributed by atoms with E-state index in [0.717, 1.165) is 6.92 Å². The van der Waals surface area contributed by atoms with Crippen molar-refractivity contribution >= 4 is 11.9 Å². The first-order valence-electron chi connectivity index (χ1n) is 7.82. The van der Waals surface area contributed by atoms with E-state index in [9.17, 15) is 22.8 Å². The fourth-order valence-corrected chi connectivity index (χ4v) is 4.10. The van der Waals surface area contributed by atoms with Gasteiger partial charge >= 0.3 is 18.1 Å². The SMILES string of the molecule is C=C(C)C(=O)OC1C2CC3C1OCC3(C(=O)OC(C)C(F)(F)F)C2. The van der Waals surface area contributed by atoms with Gasteiger partial charge in [-0.25, -0.2) is 4.79 Å². The first kappa shape index (κ1) is 17.3. The molecule has 0 radical (unpaired) electrons. The monoisotopic (exact) mass is 348 g/mol. The minimum Gasteiger partial charge on any atom is -0.456 e. The third kappa shape index (κ3) is 2.51. The van der Waals surface area contributed by atoms with E-state index in [4.69, 9.17) is 9.47 Å². The summed E-state index contributed by atoms with van der Waals surface area (Å²) in [6.07, 6.45) is -6.82. The molecule has 1 saturated heterocycles. The van der Waals surface area contributed by atoms with Crippen molar-refractivity contribution in [2.45, 2.75) is 51.2 Å². The van der Waals surface area contributed by atoms with Crippen LogP contribution in [0.25, 0.3) is 0 Å². The van der Waals surface area contributed by atoms with E-state index >= 15 is 0 Å². The summed E-state index contributed by atoms with van der Waals surface area (Å²) >= 11 is 0. The quantitative estimate of drug-likeness (QED) is 0.577. The van der Waals surface area contributed by atoms with Gasteiger partial charge in [-0.2, -0.15) is 13.2 Å². The summed E-state index contributed by atoms with van der Waals surface area (Å²) < 4.78 is 53.6. The third-order valence-electron chi connectivity index (χ3n) is 5.35. The molecule has 2 bridgehead atoms. The van der Waals surface area contributed by atoms with Crippen LogP contribution in [0.2, 0.25) is 0 Å². The Hall–Kier alpha value is -1.57. The molecular weight excluding hydrogens is 329 g/mol. The van der Waals surface area contributed by atoms with Crippen molar-refractivity contribution in [2.75, 3.05) is 6.61 Å². The third-order valence-corrected chi connectivity index (χ3v) is 5.35. The van der Waals surface area contributed by atoms with Crippen LogP contribution in [0.15, 0.2) is 12.2 Å². The first-order valence-corrected chi connectivity index (χ1v) is 7.82. The highest BCUT2D eigenvalue weighted by atomic mass is 19.4. The highest BCUT2D eigenvalue weighted by Crippen LogP contribution is 2.62. The van der Waals surface area contributed by atoms with Crippen LogP contribution >= 0.6 is 0 Å². The maximum atomic E-state index is 12.6. The van der Waals surface area contributed by atoms with Crippen molar-refractivity contribution in [1.29, 1.82) is 0 Å². The van der Waals surface area contributed by atoms with Crippen LogP contribution in [0.4, 0.5) is 13.2 Å². The Labute approximate surface area is 137 Å². The van der Waals surface area contributed by atoms with E-state index in [1.54, 1.807) is 0 Å². The number of fused-ring (bicyclic) bond motifs is 1. The number of hydrogen-bond acceptors (Lipinski definition) is 5. The van der Waals surface area contributed by atoms with Crippen LogP contribution in [0, 0.1) is 17.3 Å². The van der Waals surface area contributed by atoms with Crippen LogP contribution in [0.1, 0.15) is 26.7 Å². The lowest BCUT2D eigenvalue weighted by molar-refractivity contribution is -0.222. The molecule has 1 heterocycles. The van der Waals surface area contributed by atoms with Crippen LogP contribution in [0.3, 0.4) is 0 Å². The zero-order chi connectivity index (χ0) is 17.9. The Morgan fingerprint density at radius 1 is 1.38 bits per heavy atom. The second kappa shape index (κ2) is 5.47. The molecule has 0 N–H and O–H groups in total. The van der Waals surface area contributed by atoms with Crippen molar-refractivity contribution in [1.82, 2.24) is 0 Å². The lowest BCUT2D eigenvalue weighted by atomic mass is 9.74. The van der Waals surface area contributed by atoms with Crippen molar-refractivity contribution in [3.05, 3.63) is 12.2 Å². The largest absolute Gasteiger partial charge is 0.456 e. The van der Waals surface area contributed by atoms with Crippen LogP contribution in [0.5, 0.6) is 0 Å². The Balaban J connectivity index is 1.71. The highest BCUT2D eigenvalue weighted by Gasteiger charge is 2.70. The minimum atomic E-state index is -4.59. The van der Waals surface area contributed by atoms with Gasteiger partial charge in [0.15, 0.2) is 6.10 Å². The van der Waals surface area contributed by atoms with E-state index in [2.05, 4.69) is 11.3 Å². The molecule has 2 saturated carbocycles. The Bertz CT molecular complexity index is 587. The van der Waals surface area contributed by atoms with E-state index in [0.29, 0.717) is 12.8 Å². The van der Waals surface area contributed by atoms with Crippen molar-refractivity contribution < 1.29 is 37.0 Å². The first-order chi connectivity index (χ1) is 11.1. The molecule has 8 heteroatoms. The molecule has 0 aromatic rings. The van der Waals surface area contributed by atoms with Gasteiger partial charge in [0.25, 0.3) is 0 Å². The average molecular weight is 348 g/mol. The number of alkyl halides is 3. The van der Waals surface area contributed by atoms with Crippen LogP contribution < -0.4 is 0 Å².